The van der Waals surface area contributed by atoms with Crippen molar-refractivity contribution in [1.82, 2.24) is 14.7 Å². The molecule has 0 spiro atoms. The Morgan fingerprint density at radius 2 is 1.95 bits per heavy atom. The lowest BCUT2D eigenvalue weighted by Gasteiger charge is -2.34. The van der Waals surface area contributed by atoms with E-state index >= 15 is 0 Å². The van der Waals surface area contributed by atoms with Gasteiger partial charge in [-0.2, -0.15) is 5.10 Å². The van der Waals surface area contributed by atoms with Gasteiger partial charge in [-0.3, -0.25) is 4.68 Å². The predicted octanol–water partition coefficient (Wildman–Crippen LogP) is 1.73. The lowest BCUT2D eigenvalue weighted by Crippen LogP contribution is -2.38. The van der Waals surface area contributed by atoms with Crippen molar-refractivity contribution in [3.8, 4) is 0 Å². The average Bonchev–Trinajstić information content (AvgIpc) is 2.66. The molecular weight excluding hydrogens is 250 g/mol. The first-order valence-electron chi connectivity index (χ1n) is 7.74. The largest absolute Gasteiger partial charge is 0.394 e. The number of rotatable bonds is 5. The first-order valence-corrected chi connectivity index (χ1v) is 7.74. The fourth-order valence-electron chi connectivity index (χ4n) is 3.23. The molecule has 0 aromatic carbocycles. The average molecular weight is 279 g/mol. The fraction of sp³-hybridized carbons (Fsp3) is 0.800. The summed E-state index contributed by atoms with van der Waals surface area (Å²) in [6, 6.07) is 0. The number of nitrogens with two attached hydrogens (primary N) is 1. The third kappa shape index (κ3) is 3.26. The molecule has 0 unspecified atom stereocenters. The van der Waals surface area contributed by atoms with Crippen LogP contribution in [0.15, 0.2) is 0 Å². The molecule has 1 aliphatic rings. The highest BCUT2D eigenvalue weighted by atomic mass is 15.4. The number of aromatic nitrogens is 2. The van der Waals surface area contributed by atoms with E-state index < -0.39 is 0 Å². The monoisotopic (exact) mass is 279 g/mol. The van der Waals surface area contributed by atoms with Gasteiger partial charge in [0.15, 0.2) is 0 Å². The number of nitrogen functional groups attached to an aromatic ring is 1. The normalized spacial score (nSPS) is 17.1. The van der Waals surface area contributed by atoms with Gasteiger partial charge in [0.2, 0.25) is 0 Å². The molecule has 0 radical (unpaired) electrons. The summed E-state index contributed by atoms with van der Waals surface area (Å²) in [5.41, 5.74) is 8.25. The van der Waals surface area contributed by atoms with Crippen LogP contribution in [0.1, 0.15) is 31.9 Å². The van der Waals surface area contributed by atoms with Crippen LogP contribution in [0.2, 0.25) is 0 Å². The maximum atomic E-state index is 6.30. The van der Waals surface area contributed by atoms with E-state index in [0.29, 0.717) is 0 Å². The minimum absolute atomic E-state index is 0.811. The zero-order valence-electron chi connectivity index (χ0n) is 13.4. The van der Waals surface area contributed by atoms with Crippen molar-refractivity contribution < 1.29 is 0 Å². The molecule has 114 valence electrons. The topological polar surface area (TPSA) is 50.3 Å². The van der Waals surface area contributed by atoms with Crippen LogP contribution in [0.25, 0.3) is 0 Å². The Hall–Kier alpha value is -1.23. The van der Waals surface area contributed by atoms with Crippen LogP contribution in [-0.2, 0) is 13.5 Å². The van der Waals surface area contributed by atoms with Gasteiger partial charge in [-0.05, 0) is 39.3 Å². The zero-order valence-corrected chi connectivity index (χ0v) is 13.4. The number of hydrogen-bond donors (Lipinski definition) is 1. The highest BCUT2D eigenvalue weighted by molar-refractivity contribution is 5.66. The Morgan fingerprint density at radius 1 is 1.30 bits per heavy atom. The molecule has 2 heterocycles. The number of hydrogen-bond acceptors (Lipinski definition) is 4. The van der Waals surface area contributed by atoms with Gasteiger partial charge in [-0.15, -0.1) is 0 Å². The van der Waals surface area contributed by atoms with E-state index in [9.17, 15) is 0 Å². The van der Waals surface area contributed by atoms with Crippen LogP contribution in [0.5, 0.6) is 0 Å². The summed E-state index contributed by atoms with van der Waals surface area (Å²) in [6.07, 6.45) is 4.54. The number of anilines is 2. The summed E-state index contributed by atoms with van der Waals surface area (Å²) in [5, 5.41) is 4.58. The highest BCUT2D eigenvalue weighted by Crippen LogP contribution is 2.30. The van der Waals surface area contributed by atoms with Crippen LogP contribution in [-0.4, -0.2) is 48.4 Å². The van der Waals surface area contributed by atoms with Crippen molar-refractivity contribution >= 4 is 11.5 Å². The molecule has 0 bridgehead atoms. The van der Waals surface area contributed by atoms with Crippen LogP contribution >= 0.6 is 0 Å². The quantitative estimate of drug-likeness (QED) is 0.892. The van der Waals surface area contributed by atoms with E-state index in [0.717, 1.165) is 49.0 Å². The molecule has 20 heavy (non-hydrogen) atoms. The molecule has 1 aromatic rings. The van der Waals surface area contributed by atoms with Crippen LogP contribution < -0.4 is 10.6 Å². The van der Waals surface area contributed by atoms with Crippen molar-refractivity contribution in [2.45, 2.75) is 32.6 Å². The van der Waals surface area contributed by atoms with Crippen molar-refractivity contribution in [2.75, 3.05) is 44.4 Å². The van der Waals surface area contributed by atoms with Gasteiger partial charge < -0.3 is 15.5 Å². The molecule has 5 nitrogen and oxygen atoms in total. The predicted molar refractivity (Wildman–Crippen MR) is 85.1 cm³/mol. The maximum absolute atomic E-state index is 6.30. The molecule has 1 fully saturated rings. The number of aryl methyl sites for hydroxylation is 2. The minimum Gasteiger partial charge on any atom is -0.394 e. The molecule has 0 saturated carbocycles. The summed E-state index contributed by atoms with van der Waals surface area (Å²) in [6.45, 7) is 5.54. The molecule has 1 aromatic heterocycles. The van der Waals surface area contributed by atoms with Gasteiger partial charge in [-0.25, -0.2) is 0 Å². The van der Waals surface area contributed by atoms with Crippen molar-refractivity contribution in [2.24, 2.45) is 13.0 Å². The zero-order chi connectivity index (χ0) is 14.7. The Kier molecular flexibility index (Phi) is 4.91. The molecule has 5 heteroatoms. The molecular formula is C15H29N5. The summed E-state index contributed by atoms with van der Waals surface area (Å²) in [4.78, 5) is 4.70. The molecule has 1 saturated heterocycles. The van der Waals surface area contributed by atoms with E-state index in [1.807, 2.05) is 11.7 Å². The molecule has 0 amide bonds. The molecule has 1 aliphatic heterocycles. The van der Waals surface area contributed by atoms with E-state index in [-0.39, 0.29) is 0 Å². The summed E-state index contributed by atoms with van der Waals surface area (Å²) in [7, 11) is 6.32. The fourth-order valence-corrected chi connectivity index (χ4v) is 3.23. The Bertz CT molecular complexity index is 430. The van der Waals surface area contributed by atoms with E-state index in [1.54, 1.807) is 0 Å². The molecule has 0 aliphatic carbocycles. The van der Waals surface area contributed by atoms with Crippen molar-refractivity contribution in [3.05, 3.63) is 5.69 Å². The smallest absolute Gasteiger partial charge is 0.150 e. The highest BCUT2D eigenvalue weighted by Gasteiger charge is 2.24. The standard InChI is InChI=1S/C15H29N5/c1-5-6-13-14(16)15(19(4)17-13)20-9-7-12(8-10-20)11-18(2)3/h12H,5-11,16H2,1-4H3. The van der Waals surface area contributed by atoms with Gasteiger partial charge >= 0.3 is 0 Å². The Morgan fingerprint density at radius 3 is 2.50 bits per heavy atom. The number of nitrogens with zero attached hydrogens (tertiary/aromatic N) is 4. The molecule has 2 rings (SSSR count). The van der Waals surface area contributed by atoms with Gasteiger partial charge in [0.25, 0.3) is 0 Å². The van der Waals surface area contributed by atoms with E-state index in [4.69, 9.17) is 5.73 Å². The Balaban J connectivity index is 2.03. The number of piperidine rings is 1. The summed E-state index contributed by atoms with van der Waals surface area (Å²) in [5.74, 6) is 1.93. The van der Waals surface area contributed by atoms with Crippen molar-refractivity contribution in [1.29, 1.82) is 0 Å². The lowest BCUT2D eigenvalue weighted by atomic mass is 9.96. The molecule has 2 N–H and O–H groups in total. The van der Waals surface area contributed by atoms with Gasteiger partial charge in [0, 0.05) is 26.7 Å². The summed E-state index contributed by atoms with van der Waals surface area (Å²) < 4.78 is 1.96. The molecule has 0 atom stereocenters. The Labute approximate surface area is 122 Å². The van der Waals surface area contributed by atoms with Crippen LogP contribution in [0.4, 0.5) is 11.5 Å². The second-order valence-electron chi connectivity index (χ2n) is 6.25. The van der Waals surface area contributed by atoms with E-state index in [2.05, 4.69) is 35.9 Å². The van der Waals surface area contributed by atoms with Gasteiger partial charge in [0.1, 0.15) is 5.82 Å². The maximum Gasteiger partial charge on any atom is 0.150 e. The van der Waals surface area contributed by atoms with Crippen molar-refractivity contribution in [3.63, 3.8) is 0 Å². The first kappa shape index (κ1) is 15.2. The minimum atomic E-state index is 0.811. The van der Waals surface area contributed by atoms with Gasteiger partial charge in [-0.1, -0.05) is 13.3 Å². The lowest BCUT2D eigenvalue weighted by molar-refractivity contribution is 0.284. The second kappa shape index (κ2) is 6.48. The van der Waals surface area contributed by atoms with Crippen LogP contribution in [0, 0.1) is 5.92 Å². The van der Waals surface area contributed by atoms with Gasteiger partial charge in [0.05, 0.1) is 11.4 Å². The third-order valence-corrected chi connectivity index (χ3v) is 4.15. The SMILES string of the molecule is CCCc1nn(C)c(N2CCC(CN(C)C)CC2)c1N. The van der Waals surface area contributed by atoms with Crippen LogP contribution in [0.3, 0.4) is 0 Å². The third-order valence-electron chi connectivity index (χ3n) is 4.15. The van der Waals surface area contributed by atoms with E-state index in [1.165, 1.54) is 19.4 Å². The second-order valence-corrected chi connectivity index (χ2v) is 6.25. The summed E-state index contributed by atoms with van der Waals surface area (Å²) >= 11 is 0. The first-order chi connectivity index (χ1) is 9.52.